The average molecular weight is 249 g/mol. The van der Waals surface area contributed by atoms with Gasteiger partial charge in [-0.3, -0.25) is 9.36 Å². The van der Waals surface area contributed by atoms with Crippen LogP contribution < -0.4 is 16.8 Å². The second-order valence-electron chi connectivity index (χ2n) is 4.15. The minimum Gasteiger partial charge on any atom is -0.408 e. The molecule has 0 fully saturated rings. The van der Waals surface area contributed by atoms with Gasteiger partial charge in [0.2, 0.25) is 5.91 Å². The number of aromatic nitrogens is 1. The van der Waals surface area contributed by atoms with Crippen molar-refractivity contribution in [3.05, 3.63) is 34.3 Å². The lowest BCUT2D eigenvalue weighted by Crippen LogP contribution is -2.40. The standard InChI is InChI=1S/C12H15N3O3/c1-14-11(16)8(13)5-7-3-4-9-10(6-7)18-12(17)15(9)2/h3-4,6,8H,5,13H2,1-2H3,(H,14,16). The molecule has 0 spiro atoms. The molecule has 1 amide bonds. The van der Waals surface area contributed by atoms with Crippen molar-refractivity contribution in [1.29, 1.82) is 0 Å². The molecule has 0 bridgehead atoms. The van der Waals surface area contributed by atoms with E-state index in [-0.39, 0.29) is 5.91 Å². The maximum atomic E-state index is 11.3. The molecule has 3 N–H and O–H groups in total. The summed E-state index contributed by atoms with van der Waals surface area (Å²) in [4.78, 5) is 22.7. The quantitative estimate of drug-likeness (QED) is 0.784. The zero-order valence-electron chi connectivity index (χ0n) is 10.3. The van der Waals surface area contributed by atoms with E-state index in [4.69, 9.17) is 10.2 Å². The van der Waals surface area contributed by atoms with Crippen LogP contribution in [-0.2, 0) is 18.3 Å². The van der Waals surface area contributed by atoms with Crippen molar-refractivity contribution >= 4 is 17.0 Å². The smallest absolute Gasteiger partial charge is 0.408 e. The molecule has 0 saturated carbocycles. The molecule has 2 aromatic rings. The third-order valence-corrected chi connectivity index (χ3v) is 2.90. The molecule has 96 valence electrons. The fourth-order valence-corrected chi connectivity index (χ4v) is 1.84. The molecule has 18 heavy (non-hydrogen) atoms. The Morgan fingerprint density at radius 1 is 1.56 bits per heavy atom. The highest BCUT2D eigenvalue weighted by Gasteiger charge is 2.13. The van der Waals surface area contributed by atoms with Gasteiger partial charge in [0.1, 0.15) is 0 Å². The monoisotopic (exact) mass is 249 g/mol. The Balaban J connectivity index is 2.31. The van der Waals surface area contributed by atoms with Crippen LogP contribution in [-0.4, -0.2) is 23.6 Å². The molecule has 0 aliphatic carbocycles. The van der Waals surface area contributed by atoms with E-state index in [9.17, 15) is 9.59 Å². The second kappa shape index (κ2) is 4.66. The molecule has 1 unspecified atom stereocenters. The Kier molecular flexibility index (Phi) is 3.20. The number of nitrogens with one attached hydrogen (secondary N) is 1. The highest BCUT2D eigenvalue weighted by molar-refractivity contribution is 5.81. The molecular weight excluding hydrogens is 234 g/mol. The third-order valence-electron chi connectivity index (χ3n) is 2.90. The first-order chi connectivity index (χ1) is 8.52. The van der Waals surface area contributed by atoms with E-state index in [1.807, 2.05) is 6.07 Å². The van der Waals surface area contributed by atoms with Gasteiger partial charge in [-0.25, -0.2) is 4.79 Å². The Bertz CT molecular complexity index is 642. The largest absolute Gasteiger partial charge is 0.419 e. The van der Waals surface area contributed by atoms with Crippen molar-refractivity contribution in [2.24, 2.45) is 12.8 Å². The number of carbonyl (C=O) groups excluding carboxylic acids is 1. The van der Waals surface area contributed by atoms with Crippen LogP contribution in [0, 0.1) is 0 Å². The van der Waals surface area contributed by atoms with Crippen LogP contribution >= 0.6 is 0 Å². The Hall–Kier alpha value is -2.08. The predicted octanol–water partition coefficient (Wildman–Crippen LogP) is -0.253. The lowest BCUT2D eigenvalue weighted by molar-refractivity contribution is -0.121. The first-order valence-electron chi connectivity index (χ1n) is 5.58. The van der Waals surface area contributed by atoms with Gasteiger partial charge in [-0.1, -0.05) is 6.07 Å². The minimum absolute atomic E-state index is 0.218. The van der Waals surface area contributed by atoms with Crippen molar-refractivity contribution < 1.29 is 9.21 Å². The molecule has 0 aliphatic rings. The van der Waals surface area contributed by atoms with Crippen molar-refractivity contribution in [2.45, 2.75) is 12.5 Å². The molecule has 1 atom stereocenters. The van der Waals surface area contributed by atoms with Gasteiger partial charge in [-0.2, -0.15) is 0 Å². The summed E-state index contributed by atoms with van der Waals surface area (Å²) in [5.41, 5.74) is 7.81. The minimum atomic E-state index is -0.608. The summed E-state index contributed by atoms with van der Waals surface area (Å²) in [5.74, 6) is -0.623. The number of amides is 1. The van der Waals surface area contributed by atoms with Gasteiger partial charge in [0, 0.05) is 14.1 Å². The zero-order chi connectivity index (χ0) is 13.3. The lowest BCUT2D eigenvalue weighted by Gasteiger charge is -2.09. The van der Waals surface area contributed by atoms with Gasteiger partial charge in [0.15, 0.2) is 5.58 Å². The molecule has 2 rings (SSSR count). The maximum absolute atomic E-state index is 11.3. The number of nitrogens with zero attached hydrogens (tertiary/aromatic N) is 1. The summed E-state index contributed by atoms with van der Waals surface area (Å²) in [6.07, 6.45) is 0.397. The molecule has 1 heterocycles. The van der Waals surface area contributed by atoms with E-state index in [0.717, 1.165) is 11.1 Å². The van der Waals surface area contributed by atoms with Crippen LogP contribution in [0.25, 0.3) is 11.1 Å². The number of likely N-dealkylation sites (N-methyl/N-ethyl adjacent to an activating group) is 1. The van der Waals surface area contributed by atoms with Crippen LogP contribution in [0.5, 0.6) is 0 Å². The Labute approximate surface area is 103 Å². The molecule has 0 saturated heterocycles. The van der Waals surface area contributed by atoms with Gasteiger partial charge in [0.25, 0.3) is 0 Å². The van der Waals surface area contributed by atoms with E-state index in [2.05, 4.69) is 5.32 Å². The number of carbonyl (C=O) groups is 1. The van der Waals surface area contributed by atoms with E-state index < -0.39 is 11.8 Å². The van der Waals surface area contributed by atoms with Crippen molar-refractivity contribution in [2.75, 3.05) is 7.05 Å². The number of nitrogens with two attached hydrogens (primary N) is 1. The molecule has 1 aromatic heterocycles. The summed E-state index contributed by atoms with van der Waals surface area (Å²) >= 11 is 0. The number of aryl methyl sites for hydroxylation is 1. The summed E-state index contributed by atoms with van der Waals surface area (Å²) < 4.78 is 6.50. The average Bonchev–Trinajstić information content (AvgIpc) is 2.63. The van der Waals surface area contributed by atoms with E-state index in [0.29, 0.717) is 12.0 Å². The third kappa shape index (κ3) is 2.14. The van der Waals surface area contributed by atoms with Gasteiger partial charge < -0.3 is 15.5 Å². The highest BCUT2D eigenvalue weighted by Crippen LogP contribution is 2.15. The summed E-state index contributed by atoms with van der Waals surface area (Å²) in [6, 6.07) is 4.74. The fraction of sp³-hybridized carbons (Fsp3) is 0.333. The van der Waals surface area contributed by atoms with Gasteiger partial charge >= 0.3 is 5.76 Å². The normalized spacial score (nSPS) is 12.6. The number of oxazole rings is 1. The van der Waals surface area contributed by atoms with Crippen LogP contribution in [0.1, 0.15) is 5.56 Å². The molecular formula is C12H15N3O3. The number of hydrogen-bond donors (Lipinski definition) is 2. The Morgan fingerprint density at radius 2 is 2.28 bits per heavy atom. The molecule has 0 radical (unpaired) electrons. The lowest BCUT2D eigenvalue weighted by atomic mass is 10.1. The summed E-state index contributed by atoms with van der Waals surface area (Å²) in [6.45, 7) is 0. The number of hydrogen-bond acceptors (Lipinski definition) is 4. The maximum Gasteiger partial charge on any atom is 0.419 e. The van der Waals surface area contributed by atoms with Crippen molar-refractivity contribution in [3.8, 4) is 0 Å². The molecule has 1 aromatic carbocycles. The van der Waals surface area contributed by atoms with Crippen LogP contribution in [0.2, 0.25) is 0 Å². The topological polar surface area (TPSA) is 90.3 Å². The highest BCUT2D eigenvalue weighted by atomic mass is 16.4. The van der Waals surface area contributed by atoms with Gasteiger partial charge in [-0.15, -0.1) is 0 Å². The Morgan fingerprint density at radius 3 is 2.94 bits per heavy atom. The SMILES string of the molecule is CNC(=O)C(N)Cc1ccc2c(c1)oc(=O)n2C. The van der Waals surface area contributed by atoms with Crippen molar-refractivity contribution in [3.63, 3.8) is 0 Å². The molecule has 6 heteroatoms. The van der Waals surface area contributed by atoms with Crippen LogP contribution in [0.3, 0.4) is 0 Å². The molecule has 6 nitrogen and oxygen atoms in total. The first-order valence-corrected chi connectivity index (χ1v) is 5.58. The summed E-state index contributed by atoms with van der Waals surface area (Å²) in [7, 11) is 3.19. The second-order valence-corrected chi connectivity index (χ2v) is 4.15. The van der Waals surface area contributed by atoms with Crippen molar-refractivity contribution in [1.82, 2.24) is 9.88 Å². The van der Waals surface area contributed by atoms with E-state index in [1.165, 1.54) is 4.57 Å². The molecule has 0 aliphatic heterocycles. The van der Waals surface area contributed by atoms with Crippen LogP contribution in [0.15, 0.2) is 27.4 Å². The van der Waals surface area contributed by atoms with E-state index >= 15 is 0 Å². The first kappa shape index (κ1) is 12.4. The van der Waals surface area contributed by atoms with Crippen LogP contribution in [0.4, 0.5) is 0 Å². The fourth-order valence-electron chi connectivity index (χ4n) is 1.84. The van der Waals surface area contributed by atoms with Gasteiger partial charge in [-0.05, 0) is 24.1 Å². The number of benzene rings is 1. The van der Waals surface area contributed by atoms with E-state index in [1.54, 1.807) is 26.2 Å². The summed E-state index contributed by atoms with van der Waals surface area (Å²) in [5, 5.41) is 2.49. The number of rotatable bonds is 3. The predicted molar refractivity (Wildman–Crippen MR) is 67.2 cm³/mol. The number of fused-ring (bicyclic) bond motifs is 1. The zero-order valence-corrected chi connectivity index (χ0v) is 10.3. The van der Waals surface area contributed by atoms with Gasteiger partial charge in [0.05, 0.1) is 11.6 Å².